The van der Waals surface area contributed by atoms with Gasteiger partial charge in [-0.25, -0.2) is 4.79 Å². The number of amides is 3. The molecule has 7 heteroatoms. The SMILES string of the molecule is Cc1ccc(Br)cc1NC(=O)N1CCN(C(C)C(=O)NC2CC2)CC1. The zero-order valence-corrected chi connectivity index (χ0v) is 16.3. The molecule has 136 valence electrons. The van der Waals surface area contributed by atoms with Gasteiger partial charge in [-0.1, -0.05) is 22.0 Å². The summed E-state index contributed by atoms with van der Waals surface area (Å²) in [5.74, 6) is 0.102. The van der Waals surface area contributed by atoms with Crippen LogP contribution in [0.2, 0.25) is 0 Å². The van der Waals surface area contributed by atoms with Crippen molar-refractivity contribution in [3.8, 4) is 0 Å². The van der Waals surface area contributed by atoms with Gasteiger partial charge in [-0.05, 0) is 44.4 Å². The number of nitrogens with one attached hydrogen (secondary N) is 2. The zero-order valence-electron chi connectivity index (χ0n) is 14.7. The number of carbonyl (C=O) groups excluding carboxylic acids is 2. The Balaban J connectivity index is 1.50. The van der Waals surface area contributed by atoms with E-state index in [0.717, 1.165) is 28.6 Å². The molecule has 1 heterocycles. The van der Waals surface area contributed by atoms with E-state index in [1.54, 1.807) is 0 Å². The van der Waals surface area contributed by atoms with Gasteiger partial charge in [0.15, 0.2) is 0 Å². The Hall–Kier alpha value is -1.60. The third kappa shape index (κ3) is 4.73. The van der Waals surface area contributed by atoms with Crippen molar-refractivity contribution in [2.24, 2.45) is 0 Å². The largest absolute Gasteiger partial charge is 0.352 e. The van der Waals surface area contributed by atoms with E-state index in [2.05, 4.69) is 31.5 Å². The van der Waals surface area contributed by atoms with Gasteiger partial charge in [-0.15, -0.1) is 0 Å². The maximum absolute atomic E-state index is 12.5. The Morgan fingerprint density at radius 1 is 1.20 bits per heavy atom. The molecule has 1 saturated carbocycles. The highest BCUT2D eigenvalue weighted by molar-refractivity contribution is 9.10. The van der Waals surface area contributed by atoms with E-state index in [-0.39, 0.29) is 18.0 Å². The maximum Gasteiger partial charge on any atom is 0.321 e. The number of piperazine rings is 1. The quantitative estimate of drug-likeness (QED) is 0.804. The number of hydrogen-bond acceptors (Lipinski definition) is 3. The van der Waals surface area contributed by atoms with Crippen LogP contribution in [0, 0.1) is 6.92 Å². The Bertz CT molecular complexity index is 654. The van der Waals surface area contributed by atoms with Gasteiger partial charge in [-0.3, -0.25) is 9.69 Å². The molecular formula is C18H25BrN4O2. The van der Waals surface area contributed by atoms with Crippen LogP contribution in [0.25, 0.3) is 0 Å². The van der Waals surface area contributed by atoms with Crippen LogP contribution in [-0.4, -0.2) is 60.0 Å². The minimum absolute atomic E-state index is 0.0871. The van der Waals surface area contributed by atoms with Crippen molar-refractivity contribution >= 4 is 33.6 Å². The van der Waals surface area contributed by atoms with Gasteiger partial charge in [0, 0.05) is 42.4 Å². The molecule has 1 aliphatic heterocycles. The fourth-order valence-corrected chi connectivity index (χ4v) is 3.31. The van der Waals surface area contributed by atoms with Crippen LogP contribution in [0.3, 0.4) is 0 Å². The number of halogens is 1. The van der Waals surface area contributed by atoms with Gasteiger partial charge >= 0.3 is 6.03 Å². The van der Waals surface area contributed by atoms with Crippen molar-refractivity contribution in [2.75, 3.05) is 31.5 Å². The van der Waals surface area contributed by atoms with E-state index in [1.165, 1.54) is 0 Å². The number of carbonyl (C=O) groups is 2. The summed E-state index contributed by atoms with van der Waals surface area (Å²) in [7, 11) is 0. The fraction of sp³-hybridized carbons (Fsp3) is 0.556. The van der Waals surface area contributed by atoms with E-state index < -0.39 is 0 Å². The summed E-state index contributed by atoms with van der Waals surface area (Å²) in [6.07, 6.45) is 2.20. The topological polar surface area (TPSA) is 64.7 Å². The number of benzene rings is 1. The minimum Gasteiger partial charge on any atom is -0.352 e. The Morgan fingerprint density at radius 3 is 2.52 bits per heavy atom. The molecule has 3 amide bonds. The first-order valence-electron chi connectivity index (χ1n) is 8.80. The first-order valence-corrected chi connectivity index (χ1v) is 9.60. The van der Waals surface area contributed by atoms with E-state index in [9.17, 15) is 9.59 Å². The summed E-state index contributed by atoms with van der Waals surface area (Å²) in [5, 5.41) is 6.03. The second kappa shape index (κ2) is 7.74. The second-order valence-electron chi connectivity index (χ2n) is 6.87. The third-order valence-electron chi connectivity index (χ3n) is 4.89. The predicted octanol–water partition coefficient (Wildman–Crippen LogP) is 2.57. The molecule has 2 fully saturated rings. The molecule has 0 spiro atoms. The predicted molar refractivity (Wildman–Crippen MR) is 102 cm³/mol. The van der Waals surface area contributed by atoms with Gasteiger partial charge in [0.05, 0.1) is 6.04 Å². The number of anilines is 1. The monoisotopic (exact) mass is 408 g/mol. The number of urea groups is 1. The van der Waals surface area contributed by atoms with Crippen LogP contribution in [0.15, 0.2) is 22.7 Å². The minimum atomic E-state index is -0.141. The molecule has 1 atom stereocenters. The van der Waals surface area contributed by atoms with E-state index in [4.69, 9.17) is 0 Å². The lowest BCUT2D eigenvalue weighted by Gasteiger charge is -2.37. The highest BCUT2D eigenvalue weighted by Gasteiger charge is 2.30. The highest BCUT2D eigenvalue weighted by atomic mass is 79.9. The molecule has 0 radical (unpaired) electrons. The molecule has 1 aromatic rings. The van der Waals surface area contributed by atoms with Crippen LogP contribution in [0.1, 0.15) is 25.3 Å². The van der Waals surface area contributed by atoms with Gasteiger partial charge < -0.3 is 15.5 Å². The van der Waals surface area contributed by atoms with Crippen molar-refractivity contribution in [1.29, 1.82) is 0 Å². The molecule has 1 unspecified atom stereocenters. The summed E-state index contributed by atoms with van der Waals surface area (Å²) in [5.41, 5.74) is 1.85. The average Bonchev–Trinajstić information content (AvgIpc) is 3.41. The van der Waals surface area contributed by atoms with Crippen LogP contribution in [-0.2, 0) is 4.79 Å². The molecule has 6 nitrogen and oxygen atoms in total. The highest BCUT2D eigenvalue weighted by Crippen LogP contribution is 2.22. The van der Waals surface area contributed by atoms with Gasteiger partial charge in [0.1, 0.15) is 0 Å². The molecule has 0 aromatic heterocycles. The summed E-state index contributed by atoms with van der Waals surface area (Å²) < 4.78 is 0.939. The van der Waals surface area contributed by atoms with E-state index in [0.29, 0.717) is 32.2 Å². The number of rotatable bonds is 4. The van der Waals surface area contributed by atoms with Crippen molar-refractivity contribution in [3.63, 3.8) is 0 Å². The number of aryl methyl sites for hydroxylation is 1. The molecule has 25 heavy (non-hydrogen) atoms. The molecule has 2 aliphatic rings. The molecule has 1 aliphatic carbocycles. The molecule has 3 rings (SSSR count). The lowest BCUT2D eigenvalue weighted by atomic mass is 10.2. The standard InChI is InChI=1S/C18H25BrN4O2/c1-12-3-4-14(19)11-16(12)21-18(25)23-9-7-22(8-10-23)13(2)17(24)20-15-5-6-15/h3-4,11,13,15H,5-10H2,1-2H3,(H,20,24)(H,21,25). The third-order valence-corrected chi connectivity index (χ3v) is 5.39. The lowest BCUT2D eigenvalue weighted by Crippen LogP contribution is -2.55. The maximum atomic E-state index is 12.5. The Kier molecular flexibility index (Phi) is 5.64. The van der Waals surface area contributed by atoms with Crippen molar-refractivity contribution in [3.05, 3.63) is 28.2 Å². The van der Waals surface area contributed by atoms with Gasteiger partial charge in [-0.2, -0.15) is 0 Å². The smallest absolute Gasteiger partial charge is 0.321 e. The lowest BCUT2D eigenvalue weighted by molar-refractivity contribution is -0.126. The summed E-state index contributed by atoms with van der Waals surface area (Å²) in [6, 6.07) is 5.99. The van der Waals surface area contributed by atoms with Crippen LogP contribution in [0.5, 0.6) is 0 Å². The Morgan fingerprint density at radius 2 is 1.88 bits per heavy atom. The fourth-order valence-electron chi connectivity index (χ4n) is 2.95. The van der Waals surface area contributed by atoms with E-state index >= 15 is 0 Å². The van der Waals surface area contributed by atoms with Crippen LogP contribution in [0.4, 0.5) is 10.5 Å². The first-order chi connectivity index (χ1) is 11.9. The molecule has 0 bridgehead atoms. The Labute approximate surface area is 157 Å². The van der Waals surface area contributed by atoms with Gasteiger partial charge in [0.25, 0.3) is 0 Å². The number of nitrogens with zero attached hydrogens (tertiary/aromatic N) is 2. The molecule has 1 aromatic carbocycles. The van der Waals surface area contributed by atoms with Crippen LogP contribution >= 0.6 is 15.9 Å². The van der Waals surface area contributed by atoms with Crippen molar-refractivity contribution in [1.82, 2.24) is 15.1 Å². The summed E-state index contributed by atoms with van der Waals surface area (Å²) in [4.78, 5) is 28.6. The molecular weight excluding hydrogens is 384 g/mol. The van der Waals surface area contributed by atoms with E-state index in [1.807, 2.05) is 36.9 Å². The summed E-state index contributed by atoms with van der Waals surface area (Å²) in [6.45, 7) is 6.59. The number of hydrogen-bond donors (Lipinski definition) is 2. The van der Waals surface area contributed by atoms with Gasteiger partial charge in [0.2, 0.25) is 5.91 Å². The average molecular weight is 409 g/mol. The normalized spacial score (nSPS) is 19.4. The second-order valence-corrected chi connectivity index (χ2v) is 7.79. The molecule has 1 saturated heterocycles. The first kappa shape index (κ1) is 18.2. The van der Waals surface area contributed by atoms with Crippen molar-refractivity contribution in [2.45, 2.75) is 38.8 Å². The van der Waals surface area contributed by atoms with Crippen molar-refractivity contribution < 1.29 is 9.59 Å². The zero-order chi connectivity index (χ0) is 18.0. The van der Waals surface area contributed by atoms with Crippen LogP contribution < -0.4 is 10.6 Å². The summed E-state index contributed by atoms with van der Waals surface area (Å²) >= 11 is 3.43. The molecule has 2 N–H and O–H groups in total.